The van der Waals surface area contributed by atoms with Crippen LogP contribution in [-0.4, -0.2) is 29.2 Å². The molecule has 7 heteroatoms. The normalized spacial score (nSPS) is 13.3. The summed E-state index contributed by atoms with van der Waals surface area (Å²) < 4.78 is 23.9. The number of nitrogens with one attached hydrogen (secondary N) is 1. The molecule has 1 aromatic heterocycles. The molecule has 1 rings (SSSR count). The fourth-order valence-corrected chi connectivity index (χ4v) is 1.35. The molecule has 0 saturated heterocycles. The van der Waals surface area contributed by atoms with Crippen LogP contribution in [0.25, 0.3) is 0 Å². The van der Waals surface area contributed by atoms with Gasteiger partial charge in [-0.05, 0) is 0 Å². The maximum absolute atomic E-state index is 11.8. The summed E-state index contributed by atoms with van der Waals surface area (Å²) >= 11 is 6.68. The molecule has 0 radical (unpaired) electrons. The van der Waals surface area contributed by atoms with Crippen molar-refractivity contribution in [1.82, 2.24) is 4.98 Å². The van der Waals surface area contributed by atoms with Gasteiger partial charge in [-0.1, -0.05) is 11.6 Å². The largest absolute Gasteiger partial charge is 0.385 e. The minimum Gasteiger partial charge on any atom is -0.385 e. The van der Waals surface area contributed by atoms with Crippen molar-refractivity contribution in [1.29, 1.82) is 0 Å². The molecule has 1 unspecified atom stereocenters. The van der Waals surface area contributed by atoms with E-state index in [9.17, 15) is 8.78 Å². The molecule has 0 spiro atoms. The van der Waals surface area contributed by atoms with E-state index < -0.39 is 12.5 Å². The Morgan fingerprint density at radius 3 is 2.85 bits per heavy atom. The second-order valence-electron chi connectivity index (χ2n) is 2.27. The molecular weight excluding hydrogens is 222 g/mol. The summed E-state index contributed by atoms with van der Waals surface area (Å²) in [6.45, 7) is -0.238. The third-order valence-electron chi connectivity index (χ3n) is 1.26. The first-order valence-electron chi connectivity index (χ1n) is 3.40. The number of hydrogen-bond donors (Lipinski definition) is 2. The Hall–Kier alpha value is -0.460. The molecule has 1 atom stereocenters. The zero-order valence-electron chi connectivity index (χ0n) is 6.38. The quantitative estimate of drug-likeness (QED) is 0.827. The lowest BCUT2D eigenvalue weighted by atomic mass is 10.4. The second-order valence-corrected chi connectivity index (χ2v) is 3.71. The van der Waals surface area contributed by atoms with E-state index >= 15 is 0 Å². The van der Waals surface area contributed by atoms with Crippen molar-refractivity contribution in [2.45, 2.75) is 12.5 Å². The highest BCUT2D eigenvalue weighted by Crippen LogP contribution is 2.18. The third-order valence-corrected chi connectivity index (χ3v) is 2.24. The number of aliphatic hydroxyl groups is 1. The highest BCUT2D eigenvalue weighted by molar-refractivity contribution is 7.14. The summed E-state index contributed by atoms with van der Waals surface area (Å²) in [6, 6.07) is 0. The summed E-state index contributed by atoms with van der Waals surface area (Å²) in [5, 5.41) is 12.8. The van der Waals surface area contributed by atoms with Gasteiger partial charge in [0.15, 0.2) is 4.47 Å². The highest BCUT2D eigenvalue weighted by atomic mass is 35.5. The van der Waals surface area contributed by atoms with Crippen LogP contribution in [0.4, 0.5) is 14.6 Å². The van der Waals surface area contributed by atoms with Gasteiger partial charge in [0.1, 0.15) is 11.9 Å². The van der Waals surface area contributed by atoms with Crippen molar-refractivity contribution in [2.75, 3.05) is 11.9 Å². The number of alkyl halides is 2. The number of rotatable bonds is 4. The molecule has 1 heterocycles. The zero-order valence-corrected chi connectivity index (χ0v) is 7.95. The lowest BCUT2D eigenvalue weighted by molar-refractivity contribution is 0.00381. The fourth-order valence-electron chi connectivity index (χ4n) is 0.631. The van der Waals surface area contributed by atoms with Crippen LogP contribution in [0.5, 0.6) is 0 Å². The van der Waals surface area contributed by atoms with Gasteiger partial charge in [-0.3, -0.25) is 0 Å². The molecule has 0 aliphatic rings. The molecule has 0 bridgehead atoms. The van der Waals surface area contributed by atoms with E-state index in [1.54, 1.807) is 5.38 Å². The van der Waals surface area contributed by atoms with Gasteiger partial charge in [0, 0.05) is 11.9 Å². The van der Waals surface area contributed by atoms with Crippen LogP contribution in [0.1, 0.15) is 0 Å². The summed E-state index contributed by atoms with van der Waals surface area (Å²) in [6.07, 6.45) is -4.43. The van der Waals surface area contributed by atoms with Crippen LogP contribution in [0.3, 0.4) is 0 Å². The topological polar surface area (TPSA) is 45.1 Å². The lowest BCUT2D eigenvalue weighted by Crippen LogP contribution is -2.26. The first kappa shape index (κ1) is 10.6. The van der Waals surface area contributed by atoms with Crippen LogP contribution in [-0.2, 0) is 0 Å². The van der Waals surface area contributed by atoms with E-state index in [4.69, 9.17) is 16.7 Å². The first-order valence-corrected chi connectivity index (χ1v) is 4.66. The van der Waals surface area contributed by atoms with Crippen LogP contribution < -0.4 is 5.32 Å². The molecular formula is C6H7ClF2N2OS. The van der Waals surface area contributed by atoms with Crippen molar-refractivity contribution in [2.24, 2.45) is 0 Å². The minimum atomic E-state index is -2.75. The van der Waals surface area contributed by atoms with Gasteiger partial charge in [0.05, 0.1) is 0 Å². The summed E-state index contributed by atoms with van der Waals surface area (Å²) in [5.41, 5.74) is 0. The number of hydrogen-bond acceptors (Lipinski definition) is 4. The fraction of sp³-hybridized carbons (Fsp3) is 0.500. The molecule has 0 aliphatic heterocycles. The predicted molar refractivity (Wildman–Crippen MR) is 47.6 cm³/mol. The minimum absolute atomic E-state index is 0.238. The molecule has 1 aromatic rings. The number of nitrogens with zero attached hydrogens (tertiary/aromatic N) is 1. The summed E-state index contributed by atoms with van der Waals surface area (Å²) in [5.74, 6) is 0.398. The molecule has 74 valence electrons. The Balaban J connectivity index is 2.35. The molecule has 0 aromatic carbocycles. The smallest absolute Gasteiger partial charge is 0.265 e. The van der Waals surface area contributed by atoms with Crippen LogP contribution >= 0.6 is 22.9 Å². The summed E-state index contributed by atoms with van der Waals surface area (Å²) in [7, 11) is 0. The molecule has 2 N–H and O–H groups in total. The van der Waals surface area contributed by atoms with Crippen LogP contribution in [0, 0.1) is 0 Å². The maximum Gasteiger partial charge on any atom is 0.265 e. The van der Waals surface area contributed by atoms with Gasteiger partial charge < -0.3 is 10.4 Å². The van der Waals surface area contributed by atoms with Crippen molar-refractivity contribution < 1.29 is 13.9 Å². The monoisotopic (exact) mass is 228 g/mol. The third kappa shape index (κ3) is 3.41. The molecule has 0 amide bonds. The maximum atomic E-state index is 11.8. The van der Waals surface area contributed by atoms with E-state index in [1.807, 2.05) is 0 Å². The Morgan fingerprint density at radius 2 is 2.38 bits per heavy atom. The summed E-state index contributed by atoms with van der Waals surface area (Å²) in [4.78, 5) is 3.76. The van der Waals surface area contributed by atoms with Gasteiger partial charge in [0.25, 0.3) is 6.43 Å². The lowest BCUT2D eigenvalue weighted by Gasteiger charge is -2.09. The molecule has 0 aliphatic carbocycles. The Labute approximate surface area is 82.4 Å². The van der Waals surface area contributed by atoms with Crippen molar-refractivity contribution in [3.63, 3.8) is 0 Å². The number of thiazole rings is 1. The van der Waals surface area contributed by atoms with E-state index in [0.717, 1.165) is 0 Å². The van der Waals surface area contributed by atoms with E-state index in [2.05, 4.69) is 10.3 Å². The standard InChI is InChI=1S/C6H7ClF2N2OS/c7-6-11-4(2-13-6)10-1-3(12)5(8)9/h2-3,5,10,12H,1H2. The Bertz CT molecular complexity index is 271. The van der Waals surface area contributed by atoms with E-state index in [-0.39, 0.29) is 6.54 Å². The number of halogens is 3. The second kappa shape index (κ2) is 4.69. The van der Waals surface area contributed by atoms with Gasteiger partial charge >= 0.3 is 0 Å². The molecule has 13 heavy (non-hydrogen) atoms. The van der Waals surface area contributed by atoms with Crippen molar-refractivity contribution in [3.05, 3.63) is 9.85 Å². The highest BCUT2D eigenvalue weighted by Gasteiger charge is 2.16. The average Bonchev–Trinajstić information content (AvgIpc) is 2.47. The van der Waals surface area contributed by atoms with Gasteiger partial charge in [-0.25, -0.2) is 13.8 Å². The number of aliphatic hydroxyl groups excluding tert-OH is 1. The molecule has 0 fully saturated rings. The average molecular weight is 229 g/mol. The van der Waals surface area contributed by atoms with Crippen LogP contribution in [0.15, 0.2) is 5.38 Å². The predicted octanol–water partition coefficient (Wildman–Crippen LogP) is 1.83. The van der Waals surface area contributed by atoms with E-state index in [0.29, 0.717) is 10.3 Å². The number of aromatic nitrogens is 1. The van der Waals surface area contributed by atoms with Gasteiger partial charge in [-0.15, -0.1) is 11.3 Å². The Kier molecular flexibility index (Phi) is 3.83. The SMILES string of the molecule is OC(CNc1csc(Cl)n1)C(F)F. The van der Waals surface area contributed by atoms with Gasteiger partial charge in [0.2, 0.25) is 0 Å². The van der Waals surface area contributed by atoms with Crippen molar-refractivity contribution >= 4 is 28.8 Å². The van der Waals surface area contributed by atoms with E-state index in [1.165, 1.54) is 11.3 Å². The van der Waals surface area contributed by atoms with Crippen molar-refractivity contribution in [3.8, 4) is 0 Å². The Morgan fingerprint density at radius 1 is 1.69 bits per heavy atom. The van der Waals surface area contributed by atoms with Crippen LogP contribution in [0.2, 0.25) is 4.47 Å². The first-order chi connectivity index (χ1) is 6.09. The zero-order chi connectivity index (χ0) is 9.84. The molecule has 0 saturated carbocycles. The van der Waals surface area contributed by atoms with Gasteiger partial charge in [-0.2, -0.15) is 0 Å². The molecule has 3 nitrogen and oxygen atoms in total. The number of anilines is 1.